The maximum Gasteiger partial charge on any atom is 0.244 e. The summed E-state index contributed by atoms with van der Waals surface area (Å²) in [6, 6.07) is 3.10. The molecule has 0 aliphatic carbocycles. The van der Waals surface area contributed by atoms with Crippen LogP contribution >= 0.6 is 11.6 Å². The maximum atomic E-state index is 11.9. The summed E-state index contributed by atoms with van der Waals surface area (Å²) >= 11 is 5.74. The molecule has 0 N–H and O–H groups in total. The molecule has 0 aliphatic heterocycles. The first-order valence-corrected chi connectivity index (χ1v) is 6.32. The summed E-state index contributed by atoms with van der Waals surface area (Å²) in [5, 5.41) is -0.221. The molecule has 0 aliphatic rings. The van der Waals surface area contributed by atoms with E-state index in [-0.39, 0.29) is 16.8 Å². The van der Waals surface area contributed by atoms with Crippen molar-refractivity contribution < 1.29 is 8.42 Å². The average molecular weight is 249 g/mol. The van der Waals surface area contributed by atoms with Crippen LogP contribution in [0.3, 0.4) is 0 Å². The topological polar surface area (TPSA) is 50.3 Å². The standard InChI is InChI=1S/C9H13ClN2O2S/c1-8(10)7-12(2)15(13,14)9-4-3-5-11-6-9/h3-6,8H,7H2,1-2H3. The number of hydrogen-bond donors (Lipinski definition) is 0. The van der Waals surface area contributed by atoms with Crippen LogP contribution in [0.2, 0.25) is 0 Å². The van der Waals surface area contributed by atoms with Crippen LogP contribution in [0.4, 0.5) is 0 Å². The van der Waals surface area contributed by atoms with E-state index in [4.69, 9.17) is 11.6 Å². The molecule has 0 spiro atoms. The van der Waals surface area contributed by atoms with Crippen molar-refractivity contribution in [3.8, 4) is 0 Å². The summed E-state index contributed by atoms with van der Waals surface area (Å²) in [4.78, 5) is 3.96. The zero-order valence-corrected chi connectivity index (χ0v) is 10.2. The predicted molar refractivity (Wildman–Crippen MR) is 59.4 cm³/mol. The van der Waals surface area contributed by atoms with E-state index in [0.717, 1.165) is 0 Å². The third-order valence-electron chi connectivity index (χ3n) is 1.85. The van der Waals surface area contributed by atoms with Crippen molar-refractivity contribution >= 4 is 21.6 Å². The summed E-state index contributed by atoms with van der Waals surface area (Å²) in [5.74, 6) is 0. The molecule has 1 atom stereocenters. The van der Waals surface area contributed by atoms with Crippen molar-refractivity contribution in [2.24, 2.45) is 0 Å². The van der Waals surface area contributed by atoms with Gasteiger partial charge in [0.1, 0.15) is 4.90 Å². The third kappa shape index (κ3) is 3.15. The number of aromatic nitrogens is 1. The molecule has 1 aromatic rings. The van der Waals surface area contributed by atoms with Gasteiger partial charge in [-0.05, 0) is 19.1 Å². The minimum Gasteiger partial charge on any atom is -0.263 e. The highest BCUT2D eigenvalue weighted by Gasteiger charge is 2.21. The Labute approximate surface area is 94.9 Å². The molecule has 0 aromatic carbocycles. The highest BCUT2D eigenvalue weighted by molar-refractivity contribution is 7.89. The minimum atomic E-state index is -3.45. The first kappa shape index (κ1) is 12.4. The molecule has 1 rings (SSSR count). The fourth-order valence-corrected chi connectivity index (χ4v) is 2.65. The van der Waals surface area contributed by atoms with Crippen LogP contribution in [0.25, 0.3) is 0 Å². The largest absolute Gasteiger partial charge is 0.263 e. The zero-order valence-electron chi connectivity index (χ0n) is 8.59. The maximum absolute atomic E-state index is 11.9. The van der Waals surface area contributed by atoms with Gasteiger partial charge in [0.15, 0.2) is 0 Å². The fraction of sp³-hybridized carbons (Fsp3) is 0.444. The third-order valence-corrected chi connectivity index (χ3v) is 3.80. The molecule has 1 heterocycles. The molecule has 0 saturated carbocycles. The second kappa shape index (κ2) is 4.92. The van der Waals surface area contributed by atoms with Crippen LogP contribution in [0.15, 0.2) is 29.4 Å². The minimum absolute atomic E-state index is 0.185. The molecule has 0 radical (unpaired) electrons. The molecule has 1 aromatic heterocycles. The van der Waals surface area contributed by atoms with Gasteiger partial charge in [-0.25, -0.2) is 8.42 Å². The van der Waals surface area contributed by atoms with E-state index in [9.17, 15) is 8.42 Å². The van der Waals surface area contributed by atoms with E-state index in [0.29, 0.717) is 0 Å². The van der Waals surface area contributed by atoms with E-state index in [2.05, 4.69) is 4.98 Å². The lowest BCUT2D eigenvalue weighted by molar-refractivity contribution is 0.470. The Balaban J connectivity index is 2.94. The highest BCUT2D eigenvalue weighted by atomic mass is 35.5. The van der Waals surface area contributed by atoms with Crippen LogP contribution in [-0.2, 0) is 10.0 Å². The van der Waals surface area contributed by atoms with Crippen LogP contribution < -0.4 is 0 Å². The number of sulfonamides is 1. The van der Waals surface area contributed by atoms with Gasteiger partial charge in [-0.2, -0.15) is 4.31 Å². The Kier molecular flexibility index (Phi) is 4.07. The number of halogens is 1. The lowest BCUT2D eigenvalue weighted by atomic mass is 10.5. The Hall–Kier alpha value is -0.650. The number of rotatable bonds is 4. The van der Waals surface area contributed by atoms with Gasteiger partial charge in [0, 0.05) is 31.4 Å². The van der Waals surface area contributed by atoms with E-state index in [1.54, 1.807) is 13.0 Å². The summed E-state index contributed by atoms with van der Waals surface area (Å²) in [7, 11) is -1.95. The van der Waals surface area contributed by atoms with Gasteiger partial charge < -0.3 is 0 Å². The number of pyridine rings is 1. The SMILES string of the molecule is CC(Cl)CN(C)S(=O)(=O)c1cccnc1. The number of alkyl halides is 1. The van der Waals surface area contributed by atoms with Crippen molar-refractivity contribution in [3.63, 3.8) is 0 Å². The summed E-state index contributed by atoms with van der Waals surface area (Å²) < 4.78 is 25.0. The van der Waals surface area contributed by atoms with Gasteiger partial charge in [-0.3, -0.25) is 4.98 Å². The average Bonchev–Trinajstić information content (AvgIpc) is 2.18. The normalized spacial score (nSPS) is 14.1. The van der Waals surface area contributed by atoms with Crippen LogP contribution in [0, 0.1) is 0 Å². The second-order valence-corrected chi connectivity index (χ2v) is 6.04. The molecule has 15 heavy (non-hydrogen) atoms. The Bertz CT molecular complexity index is 405. The van der Waals surface area contributed by atoms with Crippen molar-refractivity contribution in [2.45, 2.75) is 17.2 Å². The Morgan fingerprint density at radius 2 is 2.27 bits per heavy atom. The number of hydrogen-bond acceptors (Lipinski definition) is 3. The van der Waals surface area contributed by atoms with Gasteiger partial charge in [0.05, 0.1) is 0 Å². The smallest absolute Gasteiger partial charge is 0.244 e. The Morgan fingerprint density at radius 1 is 1.60 bits per heavy atom. The number of nitrogens with zero attached hydrogens (tertiary/aromatic N) is 2. The first-order valence-electron chi connectivity index (χ1n) is 4.45. The van der Waals surface area contributed by atoms with E-state index < -0.39 is 10.0 Å². The lowest BCUT2D eigenvalue weighted by Crippen LogP contribution is -2.31. The zero-order chi connectivity index (χ0) is 11.5. The molecule has 0 saturated heterocycles. The van der Waals surface area contributed by atoms with E-state index >= 15 is 0 Å². The van der Waals surface area contributed by atoms with Crippen LogP contribution in [-0.4, -0.2) is 36.7 Å². The van der Waals surface area contributed by atoms with Gasteiger partial charge in [-0.15, -0.1) is 11.6 Å². The van der Waals surface area contributed by atoms with Crippen LogP contribution in [0.5, 0.6) is 0 Å². The molecule has 1 unspecified atom stereocenters. The molecular formula is C9H13ClN2O2S. The Morgan fingerprint density at radius 3 is 2.73 bits per heavy atom. The highest BCUT2D eigenvalue weighted by Crippen LogP contribution is 2.13. The molecule has 0 fully saturated rings. The van der Waals surface area contributed by atoms with E-state index in [1.165, 1.54) is 29.8 Å². The van der Waals surface area contributed by atoms with Gasteiger partial charge in [-0.1, -0.05) is 0 Å². The monoisotopic (exact) mass is 248 g/mol. The van der Waals surface area contributed by atoms with Crippen molar-refractivity contribution in [3.05, 3.63) is 24.5 Å². The molecular weight excluding hydrogens is 236 g/mol. The summed E-state index contributed by atoms with van der Waals surface area (Å²) in [5.41, 5.74) is 0. The second-order valence-electron chi connectivity index (χ2n) is 3.26. The van der Waals surface area contributed by atoms with Crippen molar-refractivity contribution in [1.82, 2.24) is 9.29 Å². The van der Waals surface area contributed by atoms with E-state index in [1.807, 2.05) is 0 Å². The molecule has 0 bridgehead atoms. The van der Waals surface area contributed by atoms with Gasteiger partial charge >= 0.3 is 0 Å². The van der Waals surface area contributed by atoms with Crippen LogP contribution in [0.1, 0.15) is 6.92 Å². The van der Waals surface area contributed by atoms with Gasteiger partial charge in [0.2, 0.25) is 10.0 Å². The molecule has 84 valence electrons. The van der Waals surface area contributed by atoms with Gasteiger partial charge in [0.25, 0.3) is 0 Å². The molecule has 4 nitrogen and oxygen atoms in total. The fourth-order valence-electron chi connectivity index (χ4n) is 1.13. The first-order chi connectivity index (χ1) is 6.94. The lowest BCUT2D eigenvalue weighted by Gasteiger charge is -2.17. The molecule has 0 amide bonds. The summed E-state index contributed by atoms with van der Waals surface area (Å²) in [6.07, 6.45) is 2.86. The predicted octanol–water partition coefficient (Wildman–Crippen LogP) is 1.33. The van der Waals surface area contributed by atoms with Crippen molar-refractivity contribution in [1.29, 1.82) is 0 Å². The molecule has 6 heteroatoms. The summed E-state index contributed by atoms with van der Waals surface area (Å²) in [6.45, 7) is 2.02. The van der Waals surface area contributed by atoms with Crippen molar-refractivity contribution in [2.75, 3.05) is 13.6 Å². The quantitative estimate of drug-likeness (QED) is 0.756.